The molecule has 0 aromatic heterocycles. The van der Waals surface area contributed by atoms with Crippen molar-refractivity contribution in [2.45, 2.75) is 57.8 Å². The van der Waals surface area contributed by atoms with E-state index in [-0.39, 0.29) is 19.6 Å². The second-order valence-electron chi connectivity index (χ2n) is 8.72. The second-order valence-corrected chi connectivity index (χ2v) is 8.72. The van der Waals surface area contributed by atoms with Gasteiger partial charge >= 0.3 is 11.9 Å². The van der Waals surface area contributed by atoms with Gasteiger partial charge in [0.1, 0.15) is 12.1 Å². The van der Waals surface area contributed by atoms with E-state index >= 15 is 0 Å². The summed E-state index contributed by atoms with van der Waals surface area (Å²) in [7, 11) is 3.04. The maximum absolute atomic E-state index is 13.5. The third-order valence-electron chi connectivity index (χ3n) is 6.36. The number of nitrogens with one attached hydrogen (secondary N) is 1. The van der Waals surface area contributed by atoms with Crippen molar-refractivity contribution in [3.8, 4) is 11.5 Å². The molecule has 9 heteroatoms. The summed E-state index contributed by atoms with van der Waals surface area (Å²) < 4.78 is 15.9. The zero-order valence-electron chi connectivity index (χ0n) is 21.2. The Morgan fingerprint density at radius 2 is 1.72 bits per heavy atom. The van der Waals surface area contributed by atoms with Crippen molar-refractivity contribution in [2.24, 2.45) is 0 Å². The maximum atomic E-state index is 13.5. The summed E-state index contributed by atoms with van der Waals surface area (Å²) in [4.78, 5) is 39.6. The average Bonchev–Trinajstić information content (AvgIpc) is 2.89. The van der Waals surface area contributed by atoms with Crippen LogP contribution in [-0.2, 0) is 38.5 Å². The molecule has 0 radical (unpaired) electrons. The van der Waals surface area contributed by atoms with Crippen LogP contribution in [0.5, 0.6) is 11.5 Å². The predicted octanol–water partition coefficient (Wildman–Crippen LogP) is 2.58. The van der Waals surface area contributed by atoms with Crippen LogP contribution >= 0.6 is 0 Å². The van der Waals surface area contributed by atoms with Crippen molar-refractivity contribution >= 4 is 17.8 Å². The number of ether oxygens (including phenoxy) is 3. The molecule has 1 aliphatic rings. The van der Waals surface area contributed by atoms with Gasteiger partial charge in [-0.05, 0) is 55.5 Å². The Bertz CT molecular complexity index is 1070. The number of fused-ring (bicyclic) bond motifs is 1. The molecule has 0 fully saturated rings. The standard InChI is InChI=1S/C27H34N2O7/c1-5-36-27(33)21(12-11-18-9-7-6-8-10-18)28-17(2)25(30)29-16-20-15-24(35-4)23(34-3)14-19(20)13-22(29)26(31)32/h6-10,14-15,17,21-22,28H,5,11-13,16H2,1-4H3,(H,31,32)/t17-,21+,22+/m0/s1. The van der Waals surface area contributed by atoms with E-state index in [0.29, 0.717) is 24.3 Å². The molecular weight excluding hydrogens is 464 g/mol. The first-order valence-electron chi connectivity index (χ1n) is 12.0. The minimum atomic E-state index is -1.10. The number of carboxylic acids is 1. The highest BCUT2D eigenvalue weighted by atomic mass is 16.5. The molecule has 0 spiro atoms. The Balaban J connectivity index is 1.79. The second kappa shape index (κ2) is 12.4. The fraction of sp³-hybridized carbons (Fsp3) is 0.444. The summed E-state index contributed by atoms with van der Waals surface area (Å²) in [5, 5.41) is 13.0. The third-order valence-corrected chi connectivity index (χ3v) is 6.36. The summed E-state index contributed by atoms with van der Waals surface area (Å²) in [6.45, 7) is 3.69. The van der Waals surface area contributed by atoms with Gasteiger partial charge in [0.2, 0.25) is 5.91 Å². The molecule has 194 valence electrons. The van der Waals surface area contributed by atoms with Crippen LogP contribution in [0.25, 0.3) is 0 Å². The largest absolute Gasteiger partial charge is 0.493 e. The minimum absolute atomic E-state index is 0.103. The molecule has 3 atom stereocenters. The Morgan fingerprint density at radius 1 is 1.08 bits per heavy atom. The Hall–Kier alpha value is -3.59. The SMILES string of the molecule is CCOC(=O)[C@@H](CCc1ccccc1)N[C@@H](C)C(=O)N1Cc2cc(OC)c(OC)cc2C[C@@H]1C(=O)O. The van der Waals surface area contributed by atoms with E-state index in [9.17, 15) is 19.5 Å². The van der Waals surface area contributed by atoms with Gasteiger partial charge in [-0.2, -0.15) is 0 Å². The lowest BCUT2D eigenvalue weighted by molar-refractivity contribution is -0.153. The number of amides is 1. The highest BCUT2D eigenvalue weighted by Gasteiger charge is 2.38. The van der Waals surface area contributed by atoms with Crippen LogP contribution in [0.4, 0.5) is 0 Å². The predicted molar refractivity (Wildman–Crippen MR) is 133 cm³/mol. The lowest BCUT2D eigenvalue weighted by Gasteiger charge is -2.37. The van der Waals surface area contributed by atoms with Crippen molar-refractivity contribution in [1.82, 2.24) is 10.2 Å². The van der Waals surface area contributed by atoms with Crippen LogP contribution in [0.2, 0.25) is 0 Å². The Kier molecular flexibility index (Phi) is 9.30. The first-order valence-corrected chi connectivity index (χ1v) is 12.0. The zero-order chi connectivity index (χ0) is 26.2. The number of nitrogens with zero attached hydrogens (tertiary/aromatic N) is 1. The first-order chi connectivity index (χ1) is 17.3. The van der Waals surface area contributed by atoms with Crippen molar-refractivity contribution in [2.75, 3.05) is 20.8 Å². The van der Waals surface area contributed by atoms with Gasteiger partial charge in [0.05, 0.1) is 26.9 Å². The number of carbonyl (C=O) groups excluding carboxylic acids is 2. The molecule has 2 aromatic rings. The van der Waals surface area contributed by atoms with E-state index in [1.54, 1.807) is 26.0 Å². The van der Waals surface area contributed by atoms with Crippen molar-refractivity contribution in [3.63, 3.8) is 0 Å². The summed E-state index contributed by atoms with van der Waals surface area (Å²) in [5.74, 6) is -0.930. The van der Waals surface area contributed by atoms with E-state index in [2.05, 4.69) is 5.32 Å². The number of aliphatic carboxylic acids is 1. The monoisotopic (exact) mass is 498 g/mol. The van der Waals surface area contributed by atoms with E-state index in [4.69, 9.17) is 14.2 Å². The maximum Gasteiger partial charge on any atom is 0.326 e. The molecular formula is C27H34N2O7. The molecule has 3 rings (SSSR count). The third kappa shape index (κ3) is 6.34. The van der Waals surface area contributed by atoms with Crippen LogP contribution in [0.3, 0.4) is 0 Å². The van der Waals surface area contributed by atoms with E-state index < -0.39 is 36.0 Å². The normalized spacial score (nSPS) is 16.4. The van der Waals surface area contributed by atoms with Gasteiger partial charge in [0.15, 0.2) is 11.5 Å². The van der Waals surface area contributed by atoms with Crippen LogP contribution in [0, 0.1) is 0 Å². The topological polar surface area (TPSA) is 114 Å². The number of methoxy groups -OCH3 is 2. The Morgan fingerprint density at radius 3 is 2.31 bits per heavy atom. The molecule has 0 aliphatic carbocycles. The number of hydrogen-bond donors (Lipinski definition) is 2. The first kappa shape index (κ1) is 27.0. The molecule has 1 aliphatic heterocycles. The summed E-state index contributed by atoms with van der Waals surface area (Å²) in [6.07, 6.45) is 1.19. The number of carbonyl (C=O) groups is 3. The molecule has 9 nitrogen and oxygen atoms in total. The van der Waals surface area contributed by atoms with E-state index in [1.165, 1.54) is 19.1 Å². The average molecular weight is 499 g/mol. The van der Waals surface area contributed by atoms with Crippen LogP contribution in [0.15, 0.2) is 42.5 Å². The fourth-order valence-corrected chi connectivity index (χ4v) is 4.45. The lowest BCUT2D eigenvalue weighted by Crippen LogP contribution is -2.56. The van der Waals surface area contributed by atoms with E-state index in [0.717, 1.165) is 16.7 Å². The minimum Gasteiger partial charge on any atom is -0.493 e. The van der Waals surface area contributed by atoms with Crippen LogP contribution < -0.4 is 14.8 Å². The highest BCUT2D eigenvalue weighted by Crippen LogP contribution is 2.35. The Labute approximate surface area is 211 Å². The fourth-order valence-electron chi connectivity index (χ4n) is 4.45. The summed E-state index contributed by atoms with van der Waals surface area (Å²) >= 11 is 0. The van der Waals surface area contributed by atoms with Gasteiger partial charge in [0, 0.05) is 13.0 Å². The van der Waals surface area contributed by atoms with Crippen molar-refractivity contribution < 1.29 is 33.7 Å². The number of aryl methyl sites for hydroxylation is 1. The smallest absolute Gasteiger partial charge is 0.326 e. The van der Waals surface area contributed by atoms with Gasteiger partial charge in [-0.3, -0.25) is 14.9 Å². The molecule has 0 saturated carbocycles. The lowest BCUT2D eigenvalue weighted by atomic mass is 9.92. The number of benzene rings is 2. The zero-order valence-corrected chi connectivity index (χ0v) is 21.2. The van der Waals surface area contributed by atoms with Gasteiger partial charge in [-0.15, -0.1) is 0 Å². The molecule has 1 amide bonds. The molecule has 2 N–H and O–H groups in total. The van der Waals surface area contributed by atoms with Crippen LogP contribution in [0.1, 0.15) is 37.0 Å². The molecule has 0 bridgehead atoms. The molecule has 2 aromatic carbocycles. The number of carboxylic acid groups (broad SMARTS) is 1. The van der Waals surface area contributed by atoms with Gasteiger partial charge in [-0.1, -0.05) is 30.3 Å². The molecule has 1 heterocycles. The molecule has 0 saturated heterocycles. The van der Waals surface area contributed by atoms with E-state index in [1.807, 2.05) is 30.3 Å². The number of esters is 1. The quantitative estimate of drug-likeness (QED) is 0.455. The highest BCUT2D eigenvalue weighted by molar-refractivity contribution is 5.88. The summed E-state index contributed by atoms with van der Waals surface area (Å²) in [6, 6.07) is 10.7. The van der Waals surface area contributed by atoms with Gasteiger partial charge in [-0.25, -0.2) is 4.79 Å². The van der Waals surface area contributed by atoms with Gasteiger partial charge < -0.3 is 24.2 Å². The molecule has 36 heavy (non-hydrogen) atoms. The van der Waals surface area contributed by atoms with Crippen LogP contribution in [-0.4, -0.2) is 66.8 Å². The van der Waals surface area contributed by atoms with Gasteiger partial charge in [0.25, 0.3) is 0 Å². The summed E-state index contributed by atoms with van der Waals surface area (Å²) in [5.41, 5.74) is 2.64. The molecule has 0 unspecified atom stereocenters. The number of hydrogen-bond acceptors (Lipinski definition) is 7. The van der Waals surface area contributed by atoms with Crippen molar-refractivity contribution in [1.29, 1.82) is 0 Å². The van der Waals surface area contributed by atoms with Crippen molar-refractivity contribution in [3.05, 3.63) is 59.2 Å². The number of rotatable bonds is 11.